The number of unbranched alkanes of at least 4 members (excludes halogenated alkanes) is 24. The highest BCUT2D eigenvalue weighted by Crippen LogP contribution is 2.14. The minimum atomic E-state index is 1.19. The second-order valence-electron chi connectivity index (χ2n) is 9.64. The molecular formula is C30H59. The van der Waals surface area contributed by atoms with Gasteiger partial charge in [-0.05, 0) is 32.1 Å². The first-order valence-corrected chi connectivity index (χ1v) is 14.4. The lowest BCUT2D eigenvalue weighted by Gasteiger charge is -2.03. The Labute approximate surface area is 193 Å². The van der Waals surface area contributed by atoms with Crippen molar-refractivity contribution in [1.82, 2.24) is 0 Å². The Bertz CT molecular complexity index is 303. The molecule has 0 bridgehead atoms. The summed E-state index contributed by atoms with van der Waals surface area (Å²) in [6.07, 6.45) is 42.9. The number of allylic oxidation sites excluding steroid dienone is 2. The van der Waals surface area contributed by atoms with E-state index in [1.165, 1.54) is 161 Å². The molecule has 179 valence electrons. The third kappa shape index (κ3) is 27.7. The van der Waals surface area contributed by atoms with Crippen molar-refractivity contribution in [3.63, 3.8) is 0 Å². The first kappa shape index (κ1) is 29.7. The minimum Gasteiger partial charge on any atom is -0.0885 e. The fourth-order valence-corrected chi connectivity index (χ4v) is 4.31. The summed E-state index contributed by atoms with van der Waals surface area (Å²) in [7, 11) is 0. The summed E-state index contributed by atoms with van der Waals surface area (Å²) in [6.45, 7) is 4.60. The van der Waals surface area contributed by atoms with E-state index >= 15 is 0 Å². The van der Waals surface area contributed by atoms with Crippen LogP contribution in [0.1, 0.15) is 174 Å². The van der Waals surface area contributed by atoms with Crippen LogP contribution in [0.15, 0.2) is 12.2 Å². The molecule has 0 N–H and O–H groups in total. The average Bonchev–Trinajstić information content (AvgIpc) is 2.76. The van der Waals surface area contributed by atoms with Crippen molar-refractivity contribution in [2.75, 3.05) is 0 Å². The molecule has 0 aliphatic rings. The van der Waals surface area contributed by atoms with E-state index in [1.807, 2.05) is 0 Å². The molecule has 0 aliphatic carbocycles. The van der Waals surface area contributed by atoms with Crippen molar-refractivity contribution in [2.45, 2.75) is 174 Å². The third-order valence-electron chi connectivity index (χ3n) is 6.46. The van der Waals surface area contributed by atoms with Gasteiger partial charge in [-0.3, -0.25) is 0 Å². The summed E-state index contributed by atoms with van der Waals surface area (Å²) in [5, 5.41) is 0. The van der Waals surface area contributed by atoms with E-state index < -0.39 is 0 Å². The van der Waals surface area contributed by atoms with Crippen LogP contribution in [0, 0.1) is 6.42 Å². The van der Waals surface area contributed by atoms with Crippen LogP contribution in [0.2, 0.25) is 0 Å². The first-order valence-electron chi connectivity index (χ1n) is 14.4. The maximum atomic E-state index is 2.49. The van der Waals surface area contributed by atoms with E-state index in [0.29, 0.717) is 0 Å². The highest BCUT2D eigenvalue weighted by Gasteiger charge is 1.94. The smallest absolute Gasteiger partial charge is 0.0319 e. The largest absolute Gasteiger partial charge is 0.0885 e. The quantitative estimate of drug-likeness (QED) is 0.0965. The number of hydrogen-bond acceptors (Lipinski definition) is 0. The molecule has 30 heavy (non-hydrogen) atoms. The maximum absolute atomic E-state index is 2.49. The zero-order valence-corrected chi connectivity index (χ0v) is 21.4. The third-order valence-corrected chi connectivity index (χ3v) is 6.46. The summed E-state index contributed by atoms with van der Waals surface area (Å²) in [4.78, 5) is 0. The van der Waals surface area contributed by atoms with E-state index in [-0.39, 0.29) is 0 Å². The van der Waals surface area contributed by atoms with Crippen LogP contribution in [0.3, 0.4) is 0 Å². The Balaban J connectivity index is 3.05. The molecule has 0 heteroatoms. The van der Waals surface area contributed by atoms with Crippen molar-refractivity contribution >= 4 is 0 Å². The lowest BCUT2D eigenvalue weighted by atomic mass is 10.0. The van der Waals surface area contributed by atoms with Crippen LogP contribution in [0.4, 0.5) is 0 Å². The van der Waals surface area contributed by atoms with Gasteiger partial charge in [0.25, 0.3) is 0 Å². The Hall–Kier alpha value is -0.260. The monoisotopic (exact) mass is 419 g/mol. The molecule has 0 rings (SSSR count). The normalized spacial score (nSPS) is 11.7. The zero-order chi connectivity index (χ0) is 21.8. The van der Waals surface area contributed by atoms with E-state index in [2.05, 4.69) is 32.4 Å². The molecule has 0 unspecified atom stereocenters. The van der Waals surface area contributed by atoms with E-state index in [0.717, 1.165) is 0 Å². The molecule has 0 saturated carbocycles. The van der Waals surface area contributed by atoms with Crippen molar-refractivity contribution in [3.05, 3.63) is 18.6 Å². The highest BCUT2D eigenvalue weighted by atomic mass is 14.0. The van der Waals surface area contributed by atoms with Gasteiger partial charge < -0.3 is 0 Å². The molecule has 0 aromatic rings. The Morgan fingerprint density at radius 3 is 1.07 bits per heavy atom. The molecule has 0 amide bonds. The SMILES string of the molecule is CCCCCCCCCCCC=CC[CH]CCCCCCCCCCCCCCC. The molecule has 0 fully saturated rings. The van der Waals surface area contributed by atoms with Crippen molar-refractivity contribution < 1.29 is 0 Å². The van der Waals surface area contributed by atoms with Crippen molar-refractivity contribution in [1.29, 1.82) is 0 Å². The van der Waals surface area contributed by atoms with Crippen LogP contribution in [-0.4, -0.2) is 0 Å². The summed E-state index contributed by atoms with van der Waals surface area (Å²) in [5.74, 6) is 0. The molecular weight excluding hydrogens is 360 g/mol. The predicted octanol–water partition coefficient (Wildman–Crippen LogP) is 11.5. The van der Waals surface area contributed by atoms with Crippen LogP contribution in [0.5, 0.6) is 0 Å². The Morgan fingerprint density at radius 1 is 0.333 bits per heavy atom. The molecule has 0 saturated heterocycles. The van der Waals surface area contributed by atoms with Gasteiger partial charge in [0, 0.05) is 0 Å². The first-order chi connectivity index (χ1) is 14.9. The van der Waals surface area contributed by atoms with Gasteiger partial charge in [0.05, 0.1) is 0 Å². The van der Waals surface area contributed by atoms with Crippen LogP contribution >= 0.6 is 0 Å². The second-order valence-corrected chi connectivity index (χ2v) is 9.64. The van der Waals surface area contributed by atoms with Gasteiger partial charge in [-0.1, -0.05) is 161 Å². The van der Waals surface area contributed by atoms with Gasteiger partial charge in [0.2, 0.25) is 0 Å². The molecule has 0 aromatic heterocycles. The second kappa shape index (κ2) is 28.7. The van der Waals surface area contributed by atoms with E-state index in [1.54, 1.807) is 0 Å². The van der Waals surface area contributed by atoms with Gasteiger partial charge in [-0.15, -0.1) is 0 Å². The van der Waals surface area contributed by atoms with Gasteiger partial charge in [-0.2, -0.15) is 0 Å². The molecule has 1 radical (unpaired) electrons. The van der Waals surface area contributed by atoms with Crippen molar-refractivity contribution in [2.24, 2.45) is 0 Å². The molecule has 0 aromatic carbocycles. The van der Waals surface area contributed by atoms with Gasteiger partial charge in [0.1, 0.15) is 0 Å². The van der Waals surface area contributed by atoms with Crippen molar-refractivity contribution in [3.8, 4) is 0 Å². The summed E-state index contributed by atoms with van der Waals surface area (Å²) < 4.78 is 0. The molecule has 0 atom stereocenters. The molecule has 0 spiro atoms. The lowest BCUT2D eigenvalue weighted by Crippen LogP contribution is -1.83. The summed E-state index contributed by atoms with van der Waals surface area (Å²) in [6, 6.07) is 0. The Kier molecular flexibility index (Phi) is 28.5. The topological polar surface area (TPSA) is 0 Å². The fraction of sp³-hybridized carbons (Fsp3) is 0.900. The number of hydrogen-bond donors (Lipinski definition) is 0. The fourth-order valence-electron chi connectivity index (χ4n) is 4.31. The number of rotatable bonds is 26. The van der Waals surface area contributed by atoms with Gasteiger partial charge in [-0.25, -0.2) is 0 Å². The molecule has 0 aliphatic heterocycles. The standard InChI is InChI=1S/C30H59/c1-3-5-7-9-11-13-15-17-19-21-23-25-27-29-30-28-26-24-22-20-18-16-14-12-10-8-6-4-2/h23,25,29H,3-22,24,26-28,30H2,1-2H3. The molecule has 0 heterocycles. The maximum Gasteiger partial charge on any atom is -0.0319 e. The van der Waals surface area contributed by atoms with Crippen LogP contribution in [-0.2, 0) is 0 Å². The zero-order valence-electron chi connectivity index (χ0n) is 21.4. The summed E-state index contributed by atoms with van der Waals surface area (Å²) >= 11 is 0. The minimum absolute atomic E-state index is 1.19. The van der Waals surface area contributed by atoms with Crippen LogP contribution in [0.25, 0.3) is 0 Å². The highest BCUT2D eigenvalue weighted by molar-refractivity contribution is 4.86. The van der Waals surface area contributed by atoms with Gasteiger partial charge >= 0.3 is 0 Å². The molecule has 0 nitrogen and oxygen atoms in total. The summed E-state index contributed by atoms with van der Waals surface area (Å²) in [5.41, 5.74) is 0. The average molecular weight is 420 g/mol. The lowest BCUT2D eigenvalue weighted by molar-refractivity contribution is 0.538. The van der Waals surface area contributed by atoms with E-state index in [4.69, 9.17) is 0 Å². The van der Waals surface area contributed by atoms with Gasteiger partial charge in [0.15, 0.2) is 0 Å². The predicted molar refractivity (Wildman–Crippen MR) is 140 cm³/mol. The van der Waals surface area contributed by atoms with Crippen LogP contribution < -0.4 is 0 Å². The Morgan fingerprint density at radius 2 is 0.667 bits per heavy atom. The van der Waals surface area contributed by atoms with E-state index in [9.17, 15) is 0 Å².